The number of rotatable bonds is 44. The van der Waals surface area contributed by atoms with Crippen LogP contribution in [0.3, 0.4) is 0 Å². The third-order valence-corrected chi connectivity index (χ3v) is 19.8. The number of carbonyl (C=O) groups is 4. The lowest BCUT2D eigenvalue weighted by molar-refractivity contribution is -0.373. The fourth-order valence-electron chi connectivity index (χ4n) is 14.0. The van der Waals surface area contributed by atoms with E-state index in [2.05, 4.69) is 13.8 Å². The Morgan fingerprint density at radius 1 is 0.423 bits per heavy atom. The molecule has 22 atom stereocenters. The van der Waals surface area contributed by atoms with Crippen LogP contribution in [0.5, 0.6) is 11.5 Å². The van der Waals surface area contributed by atoms with Crippen molar-refractivity contribution < 1.29 is 114 Å². The molecule has 0 spiro atoms. The molecule has 4 heterocycles. The van der Waals surface area contributed by atoms with Crippen LogP contribution in [0.25, 0.3) is 0 Å². The molecule has 26 nitrogen and oxygen atoms in total. The Kier molecular flexibility index (Phi) is 35.9. The van der Waals surface area contributed by atoms with Gasteiger partial charge in [0.05, 0.1) is 80.8 Å². The van der Waals surface area contributed by atoms with Crippen LogP contribution in [-0.4, -0.2) is 227 Å². The van der Waals surface area contributed by atoms with Crippen LogP contribution < -0.4 is 20.9 Å². The van der Waals surface area contributed by atoms with E-state index in [1.54, 1.807) is 106 Å². The molecular weight excluding hydrogens is 1350 g/mol. The van der Waals surface area contributed by atoms with Crippen molar-refractivity contribution in [2.75, 3.05) is 81.8 Å². The number of ether oxygens (including phenoxy) is 20. The topological polar surface area (TPSA) is 305 Å². The summed E-state index contributed by atoms with van der Waals surface area (Å²) in [6, 6.07) is 21.4. The highest BCUT2D eigenvalue weighted by Gasteiger charge is 2.64. The molecule has 0 aromatic heterocycles. The van der Waals surface area contributed by atoms with Crippen molar-refractivity contribution in [2.24, 2.45) is 23.3 Å². The molecule has 4 aliphatic heterocycles. The first-order chi connectivity index (χ1) is 50.3. The van der Waals surface area contributed by atoms with E-state index >= 15 is 4.79 Å². The fourth-order valence-corrected chi connectivity index (χ4v) is 14.0. The van der Waals surface area contributed by atoms with Crippen molar-refractivity contribution in [1.29, 1.82) is 0 Å². The average molecular weight is 1470 g/mol. The van der Waals surface area contributed by atoms with Crippen molar-refractivity contribution >= 4 is 23.9 Å². The van der Waals surface area contributed by atoms with Gasteiger partial charge in [0.25, 0.3) is 0 Å². The number of nitrogens with two attached hydrogens (primary N) is 2. The van der Waals surface area contributed by atoms with Gasteiger partial charge < -0.3 is 106 Å². The van der Waals surface area contributed by atoms with Gasteiger partial charge in [0.1, 0.15) is 60.3 Å². The molecule has 4 fully saturated rings. The normalized spacial score (nSPS) is 30.5. The first-order valence-corrected chi connectivity index (χ1v) is 37.5. The second kappa shape index (κ2) is 43.5. The first kappa shape index (κ1) is 85.7. The highest BCUT2D eigenvalue weighted by molar-refractivity contribution is 5.90. The van der Waals surface area contributed by atoms with Gasteiger partial charge >= 0.3 is 23.9 Å². The van der Waals surface area contributed by atoms with Crippen LogP contribution in [0, 0.1) is 11.8 Å². The van der Waals surface area contributed by atoms with Gasteiger partial charge in [-0.3, -0.25) is 0 Å². The van der Waals surface area contributed by atoms with E-state index in [4.69, 9.17) is 106 Å². The monoisotopic (exact) mass is 1470 g/mol. The SMILES string of the molecule is CCCCOC1[C@H](C(C)(CCC)O[C@H]2OC(COC)[C@@H](O[C@@H]3OC(C(=O)OC)[C@@H](C(C)(CC)O[C@H]4OC(COC)[C@@H](OCCCC)[C@H](OCCCC)C4N)C(OCCCC)[C@@H]3OC(=O)c3ccccc3)[C@H](OCCCC)C2N)C(C(=O)OC)O[C@@H](Oc2ccc(OC)cc2)[C@H]1OC(=O)c1ccccc1. The molecule has 3 aromatic rings. The van der Waals surface area contributed by atoms with E-state index in [0.717, 1.165) is 38.5 Å². The van der Waals surface area contributed by atoms with Gasteiger partial charge in [-0.1, -0.05) is 123 Å². The van der Waals surface area contributed by atoms with Crippen LogP contribution in [0.2, 0.25) is 0 Å². The van der Waals surface area contributed by atoms with Crippen LogP contribution in [0.15, 0.2) is 84.9 Å². The van der Waals surface area contributed by atoms with Crippen LogP contribution in [0.1, 0.15) is 167 Å². The summed E-state index contributed by atoms with van der Waals surface area (Å²) in [5, 5.41) is 0. The van der Waals surface area contributed by atoms with Crippen LogP contribution in [-0.2, 0) is 94.9 Å². The average Bonchev–Trinajstić information content (AvgIpc) is 0.744. The highest BCUT2D eigenvalue weighted by Crippen LogP contribution is 2.48. The zero-order valence-corrected chi connectivity index (χ0v) is 63.7. The van der Waals surface area contributed by atoms with Gasteiger partial charge in [-0.2, -0.15) is 0 Å². The number of methoxy groups -OCH3 is 5. The fraction of sp³-hybridized carbons (Fsp3) is 0.718. The molecule has 4 aliphatic rings. The lowest BCUT2D eigenvalue weighted by Crippen LogP contribution is -2.71. The molecular formula is C78H120N2O24. The molecule has 0 saturated carbocycles. The van der Waals surface area contributed by atoms with Crippen molar-refractivity contribution in [1.82, 2.24) is 0 Å². The summed E-state index contributed by atoms with van der Waals surface area (Å²) >= 11 is 0. The van der Waals surface area contributed by atoms with Gasteiger partial charge in [-0.25, -0.2) is 19.2 Å². The van der Waals surface area contributed by atoms with Crippen molar-refractivity contribution in [3.63, 3.8) is 0 Å². The number of benzene rings is 3. The number of hydrogen-bond donors (Lipinski definition) is 2. The predicted octanol–water partition coefficient (Wildman–Crippen LogP) is 10.0. The summed E-state index contributed by atoms with van der Waals surface area (Å²) in [6.07, 6.45) is -11.7. The van der Waals surface area contributed by atoms with E-state index in [1.807, 2.05) is 41.5 Å². The number of unbranched alkanes of at least 4 members (excludes halogenated alkanes) is 5. The molecule has 104 heavy (non-hydrogen) atoms. The minimum atomic E-state index is -1.68. The predicted molar refractivity (Wildman–Crippen MR) is 383 cm³/mol. The number of esters is 4. The molecule has 586 valence electrons. The van der Waals surface area contributed by atoms with Gasteiger partial charge in [-0.05, 0) is 107 Å². The summed E-state index contributed by atoms with van der Waals surface area (Å²) in [5.74, 6) is -4.55. The third kappa shape index (κ3) is 22.3. The first-order valence-electron chi connectivity index (χ1n) is 37.5. The highest BCUT2D eigenvalue weighted by atomic mass is 16.8. The van der Waals surface area contributed by atoms with E-state index < -0.39 is 157 Å². The zero-order valence-electron chi connectivity index (χ0n) is 63.7. The molecule has 4 N–H and O–H groups in total. The standard InChI is InChI=1S/C78H120N2O24/c1-15-22-42-90-59-53(47-85-10)96-73(57(79)65(59)93-45-25-18-4)103-77(8,21-7)55-61(91-43-23-16-2)68(99-70(82)50-35-31-28-32-36-50)76(102-63(55)71(83)88-13)100-60-54(48-86-11)97-74(58(80)66(60)94-46-26-19-5)104-78(9,41-20-6)56-62(92-44-24-17-3)67(98-69(81)49-33-29-27-30-34-49)75(101-64(56)72(84)89-14)95-52-39-37-51(87-12)38-40-52/h27-40,53-68,73-76H,15-26,41-48,79-80H2,1-14H3/t53?,54?,55-,56-,57?,58?,59+,60+,61?,62?,63?,64?,65+,66+,67-,68-,73+,74+,75+,76+,77?,78?/m0/s1. The summed E-state index contributed by atoms with van der Waals surface area (Å²) < 4.78 is 132. The molecule has 4 saturated heterocycles. The van der Waals surface area contributed by atoms with Crippen molar-refractivity contribution in [3.05, 3.63) is 96.1 Å². The Balaban J connectivity index is 1.34. The molecule has 10 unspecified atom stereocenters. The summed E-state index contributed by atoms with van der Waals surface area (Å²) in [7, 11) is 7.09. The Bertz CT molecular complexity index is 2960. The largest absolute Gasteiger partial charge is 0.497 e. The van der Waals surface area contributed by atoms with E-state index in [9.17, 15) is 14.4 Å². The maximum absolute atomic E-state index is 15.0. The maximum Gasteiger partial charge on any atom is 0.338 e. The molecule has 0 radical (unpaired) electrons. The maximum atomic E-state index is 15.0. The van der Waals surface area contributed by atoms with Crippen molar-refractivity contribution in [3.8, 4) is 11.5 Å². The van der Waals surface area contributed by atoms with Crippen molar-refractivity contribution in [2.45, 2.75) is 267 Å². The lowest BCUT2D eigenvalue weighted by Gasteiger charge is -2.55. The quantitative estimate of drug-likeness (QED) is 0.0302. The molecule has 3 aromatic carbocycles. The summed E-state index contributed by atoms with van der Waals surface area (Å²) in [5.41, 5.74) is 12.3. The molecule has 0 aliphatic carbocycles. The van der Waals surface area contributed by atoms with E-state index in [0.29, 0.717) is 56.8 Å². The van der Waals surface area contributed by atoms with E-state index in [1.165, 1.54) is 21.3 Å². The summed E-state index contributed by atoms with van der Waals surface area (Å²) in [4.78, 5) is 59.1. The van der Waals surface area contributed by atoms with E-state index in [-0.39, 0.29) is 57.0 Å². The Labute approximate surface area is 615 Å². The smallest absolute Gasteiger partial charge is 0.338 e. The lowest BCUT2D eigenvalue weighted by atomic mass is 9.74. The minimum Gasteiger partial charge on any atom is -0.497 e. The third-order valence-electron chi connectivity index (χ3n) is 19.8. The van der Waals surface area contributed by atoms with Crippen LogP contribution in [0.4, 0.5) is 0 Å². The number of hydrogen-bond acceptors (Lipinski definition) is 26. The molecule has 26 heteroatoms. The molecule has 0 bridgehead atoms. The minimum absolute atomic E-state index is 0.112. The zero-order chi connectivity index (χ0) is 75.3. The second-order valence-electron chi connectivity index (χ2n) is 27.4. The van der Waals surface area contributed by atoms with Gasteiger partial charge in [0.15, 0.2) is 43.3 Å². The van der Waals surface area contributed by atoms with Gasteiger partial charge in [0.2, 0.25) is 6.29 Å². The molecule has 7 rings (SSSR count). The Hall–Kier alpha value is -5.50. The van der Waals surface area contributed by atoms with Gasteiger partial charge in [-0.15, -0.1) is 0 Å². The second-order valence-corrected chi connectivity index (χ2v) is 27.4. The Morgan fingerprint density at radius 3 is 1.22 bits per heavy atom. The summed E-state index contributed by atoms with van der Waals surface area (Å²) in [6.45, 7) is 18.8. The van der Waals surface area contributed by atoms with Gasteiger partial charge in [0, 0.05) is 47.3 Å². The molecule has 0 amide bonds. The number of carbonyl (C=O) groups excluding carboxylic acids is 4. The Morgan fingerprint density at radius 2 is 0.808 bits per heavy atom. The van der Waals surface area contributed by atoms with Crippen LogP contribution >= 0.6 is 0 Å².